The summed E-state index contributed by atoms with van der Waals surface area (Å²) in [5, 5.41) is 8.46. The van der Waals surface area contributed by atoms with Crippen LogP contribution < -0.4 is 9.47 Å². The number of hydrogen-bond acceptors (Lipinski definition) is 5. The van der Waals surface area contributed by atoms with Crippen molar-refractivity contribution in [1.29, 1.82) is 0 Å². The van der Waals surface area contributed by atoms with Crippen molar-refractivity contribution in [2.24, 2.45) is 0 Å². The van der Waals surface area contributed by atoms with E-state index >= 15 is 0 Å². The number of benzene rings is 2. The standard InChI is InChI=1S/C24H28N4O3/c1-18-6-11-22(28-25-13-14-26-28)21(16-18)23(29)27-15-5-4-12-24(27,2)17-31-20-9-7-19(30-3)8-10-20/h6-11,13-14,16H,4-5,12,15,17H2,1-3H3. The lowest BCUT2D eigenvalue weighted by Gasteiger charge is -2.44. The minimum atomic E-state index is -0.409. The van der Waals surface area contributed by atoms with Gasteiger partial charge in [0, 0.05) is 6.54 Å². The molecule has 0 aliphatic carbocycles. The van der Waals surface area contributed by atoms with E-state index in [-0.39, 0.29) is 5.91 Å². The number of piperidine rings is 1. The van der Waals surface area contributed by atoms with E-state index in [0.29, 0.717) is 24.4 Å². The van der Waals surface area contributed by atoms with Gasteiger partial charge in [0.1, 0.15) is 18.1 Å². The Morgan fingerprint density at radius 3 is 2.48 bits per heavy atom. The summed E-state index contributed by atoms with van der Waals surface area (Å²) in [7, 11) is 1.64. The molecule has 1 amide bonds. The van der Waals surface area contributed by atoms with Gasteiger partial charge in [-0.15, -0.1) is 0 Å². The van der Waals surface area contributed by atoms with Crippen LogP contribution in [0.1, 0.15) is 42.1 Å². The molecule has 1 unspecified atom stereocenters. The minimum Gasteiger partial charge on any atom is -0.497 e. The summed E-state index contributed by atoms with van der Waals surface area (Å²) in [6.45, 7) is 5.21. The Morgan fingerprint density at radius 1 is 1.06 bits per heavy atom. The molecule has 3 aromatic rings. The van der Waals surface area contributed by atoms with Gasteiger partial charge in [0.25, 0.3) is 5.91 Å². The summed E-state index contributed by atoms with van der Waals surface area (Å²) < 4.78 is 11.3. The van der Waals surface area contributed by atoms with Crippen LogP contribution in [0.3, 0.4) is 0 Å². The normalized spacial score (nSPS) is 18.6. The second-order valence-corrected chi connectivity index (χ2v) is 8.21. The number of rotatable bonds is 6. The molecule has 0 radical (unpaired) electrons. The molecule has 0 saturated carbocycles. The maximum absolute atomic E-state index is 13.8. The van der Waals surface area contributed by atoms with Gasteiger partial charge in [0.15, 0.2) is 0 Å². The molecule has 1 aliphatic rings. The number of methoxy groups -OCH3 is 1. The van der Waals surface area contributed by atoms with Gasteiger partial charge in [-0.1, -0.05) is 11.6 Å². The molecule has 0 bridgehead atoms. The van der Waals surface area contributed by atoms with E-state index in [1.165, 1.54) is 4.80 Å². The molecule has 0 spiro atoms. The molecule has 31 heavy (non-hydrogen) atoms. The van der Waals surface area contributed by atoms with Gasteiger partial charge in [-0.05, 0) is 69.5 Å². The molecule has 1 aromatic heterocycles. The highest BCUT2D eigenvalue weighted by Gasteiger charge is 2.39. The Bertz CT molecular complexity index is 1030. The van der Waals surface area contributed by atoms with Crippen LogP contribution in [0.5, 0.6) is 11.5 Å². The van der Waals surface area contributed by atoms with Crippen molar-refractivity contribution in [2.75, 3.05) is 20.3 Å². The largest absolute Gasteiger partial charge is 0.497 e. The first-order chi connectivity index (χ1) is 15.0. The Hall–Kier alpha value is -3.35. The molecule has 1 fully saturated rings. The van der Waals surface area contributed by atoms with E-state index in [9.17, 15) is 4.79 Å². The quantitative estimate of drug-likeness (QED) is 0.602. The van der Waals surface area contributed by atoms with Crippen molar-refractivity contribution >= 4 is 5.91 Å². The van der Waals surface area contributed by atoms with Gasteiger partial charge < -0.3 is 14.4 Å². The van der Waals surface area contributed by atoms with Crippen LogP contribution in [-0.4, -0.2) is 51.6 Å². The topological polar surface area (TPSA) is 69.5 Å². The van der Waals surface area contributed by atoms with Crippen molar-refractivity contribution in [3.05, 3.63) is 66.0 Å². The first-order valence-corrected chi connectivity index (χ1v) is 10.6. The second kappa shape index (κ2) is 8.79. The van der Waals surface area contributed by atoms with Crippen LogP contribution in [0, 0.1) is 6.92 Å². The van der Waals surface area contributed by atoms with Gasteiger partial charge in [0.2, 0.25) is 0 Å². The van der Waals surface area contributed by atoms with Gasteiger partial charge in [-0.3, -0.25) is 4.79 Å². The molecule has 1 saturated heterocycles. The zero-order valence-electron chi connectivity index (χ0n) is 18.2. The molecule has 1 atom stereocenters. The van der Waals surface area contributed by atoms with Crippen LogP contribution in [0.15, 0.2) is 54.9 Å². The van der Waals surface area contributed by atoms with Crippen molar-refractivity contribution in [3.8, 4) is 17.2 Å². The van der Waals surface area contributed by atoms with Crippen molar-refractivity contribution in [3.63, 3.8) is 0 Å². The third kappa shape index (κ3) is 4.40. The smallest absolute Gasteiger partial charge is 0.256 e. The molecule has 2 aromatic carbocycles. The fraction of sp³-hybridized carbons (Fsp3) is 0.375. The predicted octanol–water partition coefficient (Wildman–Crippen LogP) is 4.05. The zero-order valence-corrected chi connectivity index (χ0v) is 18.2. The number of nitrogens with zero attached hydrogens (tertiary/aromatic N) is 4. The third-order valence-electron chi connectivity index (χ3n) is 5.87. The number of ether oxygens (including phenoxy) is 2. The number of carbonyl (C=O) groups is 1. The summed E-state index contributed by atoms with van der Waals surface area (Å²) in [4.78, 5) is 17.2. The summed E-state index contributed by atoms with van der Waals surface area (Å²) in [5.74, 6) is 1.53. The lowest BCUT2D eigenvalue weighted by Crippen LogP contribution is -2.56. The fourth-order valence-corrected chi connectivity index (χ4v) is 4.07. The van der Waals surface area contributed by atoms with Crippen LogP contribution >= 0.6 is 0 Å². The lowest BCUT2D eigenvalue weighted by molar-refractivity contribution is 0.0184. The van der Waals surface area contributed by atoms with E-state index in [2.05, 4.69) is 17.1 Å². The van der Waals surface area contributed by atoms with E-state index in [0.717, 1.165) is 36.3 Å². The Kier molecular flexibility index (Phi) is 5.93. The number of aromatic nitrogens is 3. The molecule has 4 rings (SSSR count). The number of carbonyl (C=O) groups excluding carboxylic acids is 1. The second-order valence-electron chi connectivity index (χ2n) is 8.21. The average Bonchev–Trinajstić information content (AvgIpc) is 3.33. The number of amides is 1. The molecular formula is C24H28N4O3. The molecule has 162 valence electrons. The molecular weight excluding hydrogens is 392 g/mol. The summed E-state index contributed by atoms with van der Waals surface area (Å²) >= 11 is 0. The first kappa shape index (κ1) is 20.9. The summed E-state index contributed by atoms with van der Waals surface area (Å²) in [6, 6.07) is 13.3. The van der Waals surface area contributed by atoms with E-state index in [1.54, 1.807) is 19.5 Å². The zero-order chi connectivity index (χ0) is 21.8. The van der Waals surface area contributed by atoms with Crippen LogP contribution in [-0.2, 0) is 0 Å². The van der Waals surface area contributed by atoms with Crippen LogP contribution in [0.2, 0.25) is 0 Å². The van der Waals surface area contributed by atoms with Crippen molar-refractivity contribution < 1.29 is 14.3 Å². The van der Waals surface area contributed by atoms with Crippen molar-refractivity contribution in [1.82, 2.24) is 19.9 Å². The Balaban J connectivity index is 1.59. The lowest BCUT2D eigenvalue weighted by atomic mass is 9.88. The average molecular weight is 421 g/mol. The Labute approximate surface area is 182 Å². The van der Waals surface area contributed by atoms with Gasteiger partial charge >= 0.3 is 0 Å². The number of hydrogen-bond donors (Lipinski definition) is 0. The number of likely N-dealkylation sites (tertiary alicyclic amines) is 1. The first-order valence-electron chi connectivity index (χ1n) is 10.6. The molecule has 2 heterocycles. The van der Waals surface area contributed by atoms with Crippen LogP contribution in [0.4, 0.5) is 0 Å². The monoisotopic (exact) mass is 420 g/mol. The highest BCUT2D eigenvalue weighted by molar-refractivity contribution is 5.98. The number of aryl methyl sites for hydroxylation is 1. The fourth-order valence-electron chi connectivity index (χ4n) is 4.07. The van der Waals surface area contributed by atoms with Gasteiger partial charge in [-0.2, -0.15) is 15.0 Å². The Morgan fingerprint density at radius 2 is 1.77 bits per heavy atom. The highest BCUT2D eigenvalue weighted by atomic mass is 16.5. The summed E-state index contributed by atoms with van der Waals surface area (Å²) in [5.41, 5.74) is 1.90. The van der Waals surface area contributed by atoms with Gasteiger partial charge in [0.05, 0.1) is 36.3 Å². The maximum atomic E-state index is 13.8. The van der Waals surface area contributed by atoms with Crippen molar-refractivity contribution in [2.45, 2.75) is 38.6 Å². The maximum Gasteiger partial charge on any atom is 0.256 e. The van der Waals surface area contributed by atoms with Crippen LogP contribution in [0.25, 0.3) is 5.69 Å². The molecule has 0 N–H and O–H groups in total. The highest BCUT2D eigenvalue weighted by Crippen LogP contribution is 2.32. The molecule has 7 heteroatoms. The predicted molar refractivity (Wildman–Crippen MR) is 118 cm³/mol. The molecule has 1 aliphatic heterocycles. The SMILES string of the molecule is COc1ccc(OCC2(C)CCCCN2C(=O)c2cc(C)ccc2-n2nccn2)cc1. The third-order valence-corrected chi connectivity index (χ3v) is 5.87. The van der Waals surface area contributed by atoms with E-state index in [1.807, 2.05) is 54.3 Å². The van der Waals surface area contributed by atoms with Gasteiger partial charge in [-0.25, -0.2) is 0 Å². The molecule has 7 nitrogen and oxygen atoms in total. The van der Waals surface area contributed by atoms with E-state index in [4.69, 9.17) is 9.47 Å². The van der Waals surface area contributed by atoms with E-state index < -0.39 is 5.54 Å². The summed E-state index contributed by atoms with van der Waals surface area (Å²) in [6.07, 6.45) is 6.15. The minimum absolute atomic E-state index is 0.0171.